The van der Waals surface area contributed by atoms with Crippen LogP contribution in [0.4, 0.5) is 10.1 Å². The van der Waals surface area contributed by atoms with Crippen molar-refractivity contribution < 1.29 is 22.3 Å². The van der Waals surface area contributed by atoms with Gasteiger partial charge >= 0.3 is 0 Å². The Morgan fingerprint density at radius 2 is 1.71 bits per heavy atom. The van der Waals surface area contributed by atoms with Crippen LogP contribution in [0.3, 0.4) is 0 Å². The first kappa shape index (κ1) is 23.4. The molecule has 3 rings (SSSR count). The summed E-state index contributed by atoms with van der Waals surface area (Å²) in [5.74, 6) is -0.676. The first-order chi connectivity index (χ1) is 14.5. The standard InChI is InChI=1S/C24H30FNO4S/c1-16(2)31(28,29)15-19-5-7-20(8-6-19)24(27)11-21-9-10-22(12-23(21)25)26-13-17(3)30-18(4)14-26/h5-10,12,16-18H,11,13-15H2,1-4H3/t17-,18+. The van der Waals surface area contributed by atoms with Gasteiger partial charge in [-0.2, -0.15) is 0 Å². The Labute approximate surface area is 184 Å². The maximum absolute atomic E-state index is 14.7. The third-order valence-corrected chi connectivity index (χ3v) is 7.71. The molecule has 1 aliphatic rings. The monoisotopic (exact) mass is 447 g/mol. The highest BCUT2D eigenvalue weighted by atomic mass is 32.2. The highest BCUT2D eigenvalue weighted by Gasteiger charge is 2.23. The number of anilines is 1. The molecule has 2 atom stereocenters. The van der Waals surface area contributed by atoms with Gasteiger partial charge in [-0.25, -0.2) is 12.8 Å². The second kappa shape index (κ2) is 9.49. The molecular formula is C24H30FNO4S. The first-order valence-corrected chi connectivity index (χ1v) is 12.3. The van der Waals surface area contributed by atoms with Gasteiger partial charge in [-0.05, 0) is 51.0 Å². The fourth-order valence-electron chi connectivity index (χ4n) is 3.73. The zero-order valence-electron chi connectivity index (χ0n) is 18.5. The molecule has 1 aliphatic heterocycles. The zero-order chi connectivity index (χ0) is 22.8. The summed E-state index contributed by atoms with van der Waals surface area (Å²) in [7, 11) is -3.21. The molecule has 1 fully saturated rings. The molecule has 2 aromatic carbocycles. The molecule has 0 aromatic heterocycles. The Balaban J connectivity index is 1.68. The zero-order valence-corrected chi connectivity index (χ0v) is 19.3. The smallest absolute Gasteiger partial charge is 0.167 e. The summed E-state index contributed by atoms with van der Waals surface area (Å²) in [4.78, 5) is 14.7. The number of hydrogen-bond acceptors (Lipinski definition) is 5. The molecule has 0 radical (unpaired) electrons. The van der Waals surface area contributed by atoms with Crippen LogP contribution in [0.1, 0.15) is 49.2 Å². The van der Waals surface area contributed by atoms with Crippen molar-refractivity contribution in [3.63, 3.8) is 0 Å². The molecule has 1 heterocycles. The van der Waals surface area contributed by atoms with Gasteiger partial charge in [-0.3, -0.25) is 4.79 Å². The molecular weight excluding hydrogens is 417 g/mol. The van der Waals surface area contributed by atoms with Crippen LogP contribution in [-0.2, 0) is 26.7 Å². The minimum Gasteiger partial charge on any atom is -0.372 e. The van der Waals surface area contributed by atoms with E-state index in [2.05, 4.69) is 4.90 Å². The Morgan fingerprint density at radius 3 is 2.26 bits per heavy atom. The summed E-state index contributed by atoms with van der Waals surface area (Å²) in [6.07, 6.45) is 0.101. The number of rotatable bonds is 7. The lowest BCUT2D eigenvalue weighted by atomic mass is 10.0. The Bertz CT molecular complexity index is 1020. The van der Waals surface area contributed by atoms with Gasteiger partial charge in [-0.15, -0.1) is 0 Å². The molecule has 0 N–H and O–H groups in total. The quantitative estimate of drug-likeness (QED) is 0.596. The van der Waals surface area contributed by atoms with Gasteiger partial charge in [0.25, 0.3) is 0 Å². The minimum absolute atomic E-state index is 0.0499. The number of morpholine rings is 1. The van der Waals surface area contributed by atoms with Gasteiger partial charge < -0.3 is 9.64 Å². The van der Waals surface area contributed by atoms with Crippen LogP contribution >= 0.6 is 0 Å². The van der Waals surface area contributed by atoms with E-state index in [-0.39, 0.29) is 30.2 Å². The molecule has 2 aromatic rings. The van der Waals surface area contributed by atoms with Crippen molar-refractivity contribution in [2.45, 2.75) is 57.3 Å². The van der Waals surface area contributed by atoms with Gasteiger partial charge in [-0.1, -0.05) is 30.3 Å². The van der Waals surface area contributed by atoms with Crippen molar-refractivity contribution in [3.8, 4) is 0 Å². The molecule has 0 saturated carbocycles. The summed E-state index contributed by atoms with van der Waals surface area (Å²) >= 11 is 0. The Kier molecular flexibility index (Phi) is 7.17. The maximum atomic E-state index is 14.7. The lowest BCUT2D eigenvalue weighted by molar-refractivity contribution is -0.00523. The van der Waals surface area contributed by atoms with E-state index >= 15 is 0 Å². The van der Waals surface area contributed by atoms with Crippen LogP contribution < -0.4 is 4.90 Å². The van der Waals surface area contributed by atoms with Crippen LogP contribution in [0, 0.1) is 5.82 Å². The third kappa shape index (κ3) is 5.92. The molecule has 0 amide bonds. The van der Waals surface area contributed by atoms with Crippen molar-refractivity contribution in [2.75, 3.05) is 18.0 Å². The van der Waals surface area contributed by atoms with Crippen molar-refractivity contribution in [1.82, 2.24) is 0 Å². The van der Waals surface area contributed by atoms with Crippen molar-refractivity contribution in [1.29, 1.82) is 0 Å². The summed E-state index contributed by atoms with van der Waals surface area (Å²) < 4.78 is 44.6. The molecule has 7 heteroatoms. The summed E-state index contributed by atoms with van der Waals surface area (Å²) in [5, 5.41) is -0.455. The Morgan fingerprint density at radius 1 is 1.10 bits per heavy atom. The number of ether oxygens (including phenoxy) is 1. The number of benzene rings is 2. The van der Waals surface area contributed by atoms with Gasteiger partial charge in [0.05, 0.1) is 23.2 Å². The van der Waals surface area contributed by atoms with Crippen molar-refractivity contribution in [2.24, 2.45) is 0 Å². The number of halogens is 1. The summed E-state index contributed by atoms with van der Waals surface area (Å²) in [5.41, 5.74) is 2.20. The summed E-state index contributed by atoms with van der Waals surface area (Å²) in [6, 6.07) is 11.5. The second-order valence-corrected chi connectivity index (χ2v) is 11.1. The molecule has 0 spiro atoms. The topological polar surface area (TPSA) is 63.7 Å². The first-order valence-electron chi connectivity index (χ1n) is 10.6. The highest BCUT2D eigenvalue weighted by Crippen LogP contribution is 2.24. The minimum atomic E-state index is -3.21. The predicted molar refractivity (Wildman–Crippen MR) is 121 cm³/mol. The van der Waals surface area contributed by atoms with E-state index < -0.39 is 20.9 Å². The number of carbonyl (C=O) groups is 1. The molecule has 31 heavy (non-hydrogen) atoms. The average Bonchev–Trinajstić information content (AvgIpc) is 2.69. The van der Waals surface area contributed by atoms with Gasteiger partial charge in [0.1, 0.15) is 5.82 Å². The maximum Gasteiger partial charge on any atom is 0.167 e. The average molecular weight is 448 g/mol. The van der Waals surface area contributed by atoms with Gasteiger partial charge in [0, 0.05) is 30.8 Å². The van der Waals surface area contributed by atoms with Crippen molar-refractivity contribution >= 4 is 21.3 Å². The number of sulfone groups is 1. The molecule has 0 bridgehead atoms. The van der Waals surface area contributed by atoms with Gasteiger partial charge in [0.2, 0.25) is 0 Å². The van der Waals surface area contributed by atoms with E-state index in [1.165, 1.54) is 6.07 Å². The SMILES string of the molecule is CC(C)S(=O)(=O)Cc1ccc(C(=O)Cc2ccc(N3C[C@@H](C)O[C@@H](C)C3)cc2F)cc1. The Hall–Kier alpha value is -2.25. The number of nitrogens with zero attached hydrogens (tertiary/aromatic N) is 1. The molecule has 0 unspecified atom stereocenters. The predicted octanol–water partition coefficient (Wildman–Crippen LogP) is 4.19. The van der Waals surface area contributed by atoms with Gasteiger partial charge in [0.15, 0.2) is 15.6 Å². The van der Waals surface area contributed by atoms with E-state index in [1.54, 1.807) is 44.2 Å². The van der Waals surface area contributed by atoms with Crippen molar-refractivity contribution in [3.05, 3.63) is 65.0 Å². The lowest BCUT2D eigenvalue weighted by Gasteiger charge is -2.37. The lowest BCUT2D eigenvalue weighted by Crippen LogP contribution is -2.45. The van der Waals surface area contributed by atoms with Crippen LogP contribution in [0.15, 0.2) is 42.5 Å². The number of ketones is 1. The van der Waals surface area contributed by atoms with Crippen LogP contribution in [0.2, 0.25) is 0 Å². The van der Waals surface area contributed by atoms with E-state index in [0.29, 0.717) is 29.8 Å². The normalized spacial score (nSPS) is 19.6. The molecule has 5 nitrogen and oxygen atoms in total. The van der Waals surface area contributed by atoms with Crippen LogP contribution in [0.25, 0.3) is 0 Å². The van der Waals surface area contributed by atoms with E-state index in [0.717, 1.165) is 5.69 Å². The fourth-order valence-corrected chi connectivity index (χ4v) is 4.72. The summed E-state index contributed by atoms with van der Waals surface area (Å²) in [6.45, 7) is 8.67. The molecule has 1 saturated heterocycles. The number of hydrogen-bond donors (Lipinski definition) is 0. The fraction of sp³-hybridized carbons (Fsp3) is 0.458. The second-order valence-electron chi connectivity index (χ2n) is 8.59. The van der Waals surface area contributed by atoms with E-state index in [4.69, 9.17) is 4.74 Å². The molecule has 0 aliphatic carbocycles. The number of carbonyl (C=O) groups excluding carboxylic acids is 1. The van der Waals surface area contributed by atoms with E-state index in [1.807, 2.05) is 19.9 Å². The van der Waals surface area contributed by atoms with Crippen LogP contribution in [-0.4, -0.2) is 44.7 Å². The van der Waals surface area contributed by atoms with Crippen LogP contribution in [0.5, 0.6) is 0 Å². The number of Topliss-reactive ketones (excluding diaryl/α,β-unsaturated/α-hetero) is 1. The molecule has 168 valence electrons. The largest absolute Gasteiger partial charge is 0.372 e. The van der Waals surface area contributed by atoms with E-state index in [9.17, 15) is 17.6 Å². The highest BCUT2D eigenvalue weighted by molar-refractivity contribution is 7.91. The third-order valence-electron chi connectivity index (χ3n) is 5.53.